The highest BCUT2D eigenvalue weighted by molar-refractivity contribution is 5.70. The summed E-state index contributed by atoms with van der Waals surface area (Å²) in [5.41, 5.74) is 0.532. The van der Waals surface area contributed by atoms with Crippen molar-refractivity contribution in [3.8, 4) is 0 Å². The number of hydrogen-bond acceptors (Lipinski definition) is 4. The molecule has 2 aromatic rings. The summed E-state index contributed by atoms with van der Waals surface area (Å²) in [5.74, 6) is 0. The molecular formula is C14H21N5O2. The van der Waals surface area contributed by atoms with E-state index in [9.17, 15) is 9.59 Å². The molecule has 0 radical (unpaired) electrons. The molecule has 3 heterocycles. The molecule has 0 amide bonds. The van der Waals surface area contributed by atoms with Gasteiger partial charge in [0.25, 0.3) is 5.56 Å². The smallest absolute Gasteiger partial charge is 0.322 e. The predicted molar refractivity (Wildman–Crippen MR) is 80.7 cm³/mol. The monoisotopic (exact) mass is 291 g/mol. The van der Waals surface area contributed by atoms with E-state index in [0.717, 1.165) is 32.4 Å². The van der Waals surface area contributed by atoms with Crippen molar-refractivity contribution >= 4 is 11.2 Å². The van der Waals surface area contributed by atoms with Crippen molar-refractivity contribution in [2.24, 2.45) is 7.05 Å². The van der Waals surface area contributed by atoms with Crippen molar-refractivity contribution in [3.05, 3.63) is 27.2 Å². The first-order valence-electron chi connectivity index (χ1n) is 7.52. The second-order valence-corrected chi connectivity index (χ2v) is 5.60. The number of hydrogen-bond donors (Lipinski definition) is 1. The second kappa shape index (κ2) is 5.48. The number of aromatic nitrogens is 4. The van der Waals surface area contributed by atoms with Gasteiger partial charge in [0.1, 0.15) is 0 Å². The van der Waals surface area contributed by atoms with Crippen LogP contribution in [0.15, 0.2) is 15.9 Å². The van der Waals surface area contributed by atoms with Gasteiger partial charge >= 0.3 is 5.69 Å². The molecule has 0 unspecified atom stereocenters. The Morgan fingerprint density at radius 1 is 1.33 bits per heavy atom. The van der Waals surface area contributed by atoms with Crippen LogP contribution in [-0.2, 0) is 13.6 Å². The van der Waals surface area contributed by atoms with E-state index in [-0.39, 0.29) is 17.3 Å². The van der Waals surface area contributed by atoms with Gasteiger partial charge in [-0.25, -0.2) is 9.78 Å². The number of rotatable bonds is 3. The van der Waals surface area contributed by atoms with Gasteiger partial charge in [0.15, 0.2) is 11.2 Å². The molecule has 7 heteroatoms. The van der Waals surface area contributed by atoms with E-state index in [1.807, 2.05) is 11.5 Å². The SMILES string of the molecule is CCCn1c(=O)n(C)c(=O)c2c1ncn2C1CCNCC1. The van der Waals surface area contributed by atoms with Crippen LogP contribution in [0.25, 0.3) is 11.2 Å². The highest BCUT2D eigenvalue weighted by Gasteiger charge is 2.21. The van der Waals surface area contributed by atoms with Crippen molar-refractivity contribution in [1.29, 1.82) is 0 Å². The molecule has 0 saturated carbocycles. The summed E-state index contributed by atoms with van der Waals surface area (Å²) < 4.78 is 4.76. The number of nitrogens with zero attached hydrogens (tertiary/aromatic N) is 4. The van der Waals surface area contributed by atoms with Gasteiger partial charge in [-0.2, -0.15) is 0 Å². The molecule has 1 aliphatic heterocycles. The Morgan fingerprint density at radius 3 is 2.71 bits per heavy atom. The maximum absolute atomic E-state index is 12.5. The maximum Gasteiger partial charge on any atom is 0.332 e. The Balaban J connectivity index is 2.25. The number of imidazole rings is 1. The molecule has 2 aromatic heterocycles. The largest absolute Gasteiger partial charge is 0.332 e. The summed E-state index contributed by atoms with van der Waals surface area (Å²) in [6.07, 6.45) is 4.49. The fourth-order valence-electron chi connectivity index (χ4n) is 3.06. The zero-order valence-corrected chi connectivity index (χ0v) is 12.5. The average Bonchev–Trinajstić information content (AvgIpc) is 2.95. The summed E-state index contributed by atoms with van der Waals surface area (Å²) in [5, 5.41) is 3.32. The van der Waals surface area contributed by atoms with E-state index in [4.69, 9.17) is 0 Å². The zero-order chi connectivity index (χ0) is 15.0. The highest BCUT2D eigenvalue weighted by Crippen LogP contribution is 2.21. The van der Waals surface area contributed by atoms with Crippen LogP contribution in [0.5, 0.6) is 0 Å². The van der Waals surface area contributed by atoms with Crippen molar-refractivity contribution in [1.82, 2.24) is 24.0 Å². The zero-order valence-electron chi connectivity index (χ0n) is 12.5. The third kappa shape index (κ3) is 2.21. The van der Waals surface area contributed by atoms with Crippen LogP contribution in [0, 0.1) is 0 Å². The topological polar surface area (TPSA) is 73.8 Å². The molecule has 1 fully saturated rings. The van der Waals surface area contributed by atoms with Crippen LogP contribution in [-0.4, -0.2) is 31.8 Å². The fraction of sp³-hybridized carbons (Fsp3) is 0.643. The number of fused-ring (bicyclic) bond motifs is 1. The Labute approximate surface area is 122 Å². The third-order valence-corrected chi connectivity index (χ3v) is 4.20. The highest BCUT2D eigenvalue weighted by atomic mass is 16.2. The lowest BCUT2D eigenvalue weighted by Gasteiger charge is -2.24. The predicted octanol–water partition coefficient (Wildman–Crippen LogP) is 0.231. The molecule has 114 valence electrons. The Morgan fingerprint density at radius 2 is 2.05 bits per heavy atom. The van der Waals surface area contributed by atoms with Gasteiger partial charge in [-0.15, -0.1) is 0 Å². The standard InChI is InChI=1S/C14H21N5O2/c1-3-8-18-12-11(13(20)17(2)14(18)21)19(9-16-12)10-4-6-15-7-5-10/h9-10,15H,3-8H2,1-2H3. The van der Waals surface area contributed by atoms with Gasteiger partial charge in [-0.05, 0) is 32.4 Å². The van der Waals surface area contributed by atoms with Gasteiger partial charge in [0, 0.05) is 19.6 Å². The molecule has 0 spiro atoms. The summed E-state index contributed by atoms with van der Waals surface area (Å²) in [6.45, 7) is 4.47. The lowest BCUT2D eigenvalue weighted by atomic mass is 10.1. The molecule has 1 N–H and O–H groups in total. The molecule has 0 atom stereocenters. The second-order valence-electron chi connectivity index (χ2n) is 5.60. The van der Waals surface area contributed by atoms with E-state index in [1.54, 1.807) is 10.9 Å². The molecular weight excluding hydrogens is 270 g/mol. The van der Waals surface area contributed by atoms with Crippen molar-refractivity contribution in [2.75, 3.05) is 13.1 Å². The summed E-state index contributed by atoms with van der Waals surface area (Å²) in [7, 11) is 1.54. The molecule has 7 nitrogen and oxygen atoms in total. The minimum absolute atomic E-state index is 0.251. The van der Waals surface area contributed by atoms with Crippen molar-refractivity contribution < 1.29 is 0 Å². The van der Waals surface area contributed by atoms with Gasteiger partial charge < -0.3 is 9.88 Å². The lowest BCUT2D eigenvalue weighted by Crippen LogP contribution is -2.39. The van der Waals surface area contributed by atoms with E-state index >= 15 is 0 Å². The van der Waals surface area contributed by atoms with Gasteiger partial charge in [-0.3, -0.25) is 13.9 Å². The first-order chi connectivity index (χ1) is 10.1. The van der Waals surface area contributed by atoms with Crippen LogP contribution in [0.1, 0.15) is 32.2 Å². The molecule has 1 aliphatic rings. The lowest BCUT2D eigenvalue weighted by molar-refractivity contribution is 0.374. The first-order valence-corrected chi connectivity index (χ1v) is 7.52. The summed E-state index contributed by atoms with van der Waals surface area (Å²) in [4.78, 5) is 29.1. The maximum atomic E-state index is 12.5. The van der Waals surface area contributed by atoms with E-state index in [0.29, 0.717) is 17.7 Å². The molecule has 0 aliphatic carbocycles. The van der Waals surface area contributed by atoms with Crippen molar-refractivity contribution in [2.45, 2.75) is 38.8 Å². The first kappa shape index (κ1) is 14.1. The molecule has 3 rings (SSSR count). The van der Waals surface area contributed by atoms with E-state index < -0.39 is 0 Å². The minimum Gasteiger partial charge on any atom is -0.322 e. The molecule has 1 saturated heterocycles. The van der Waals surface area contributed by atoms with E-state index in [2.05, 4.69) is 10.3 Å². The quantitative estimate of drug-likeness (QED) is 0.878. The van der Waals surface area contributed by atoms with Gasteiger partial charge in [0.05, 0.1) is 6.33 Å². The molecule has 21 heavy (non-hydrogen) atoms. The average molecular weight is 291 g/mol. The fourth-order valence-corrected chi connectivity index (χ4v) is 3.06. The van der Waals surface area contributed by atoms with Crippen LogP contribution < -0.4 is 16.6 Å². The van der Waals surface area contributed by atoms with Gasteiger partial charge in [0.2, 0.25) is 0 Å². The number of piperidine rings is 1. The minimum atomic E-state index is -0.287. The van der Waals surface area contributed by atoms with Crippen LogP contribution in [0.2, 0.25) is 0 Å². The molecule has 0 bridgehead atoms. The van der Waals surface area contributed by atoms with Crippen molar-refractivity contribution in [3.63, 3.8) is 0 Å². The summed E-state index contributed by atoms with van der Waals surface area (Å²) >= 11 is 0. The number of nitrogens with one attached hydrogen (secondary N) is 1. The van der Waals surface area contributed by atoms with Crippen LogP contribution >= 0.6 is 0 Å². The normalized spacial score (nSPS) is 16.7. The third-order valence-electron chi connectivity index (χ3n) is 4.20. The van der Waals surface area contributed by atoms with Crippen LogP contribution in [0.4, 0.5) is 0 Å². The van der Waals surface area contributed by atoms with Gasteiger partial charge in [-0.1, -0.05) is 6.92 Å². The Bertz CT molecular complexity index is 764. The Hall–Kier alpha value is -1.89. The van der Waals surface area contributed by atoms with E-state index in [1.165, 1.54) is 11.6 Å². The Kier molecular flexibility index (Phi) is 3.67. The van der Waals surface area contributed by atoms with Crippen LogP contribution in [0.3, 0.4) is 0 Å². The molecule has 0 aromatic carbocycles. The number of aryl methyl sites for hydroxylation is 1. The summed E-state index contributed by atoms with van der Waals surface area (Å²) in [6, 6.07) is 0.275.